The van der Waals surface area contributed by atoms with Gasteiger partial charge in [0.15, 0.2) is 0 Å². The van der Waals surface area contributed by atoms with E-state index in [2.05, 4.69) is 16.3 Å². The van der Waals surface area contributed by atoms with E-state index in [0.717, 1.165) is 0 Å². The first-order valence-electron chi connectivity index (χ1n) is 6.63. The first kappa shape index (κ1) is 21.3. The van der Waals surface area contributed by atoms with Crippen molar-refractivity contribution >= 4 is 64.2 Å². The minimum Gasteiger partial charge on any atom is -0.478 e. The second-order valence-electron chi connectivity index (χ2n) is 4.66. The highest BCUT2D eigenvalue weighted by Crippen LogP contribution is 2.30. The second kappa shape index (κ2) is 9.64. The van der Waals surface area contributed by atoms with Gasteiger partial charge in [0.1, 0.15) is 0 Å². The van der Waals surface area contributed by atoms with Gasteiger partial charge < -0.3 is 14.9 Å². The molecule has 11 heteroatoms. The van der Waals surface area contributed by atoms with E-state index < -0.39 is 23.9 Å². The van der Waals surface area contributed by atoms with Crippen LogP contribution in [0.5, 0.6) is 0 Å². The highest BCUT2D eigenvalue weighted by atomic mass is 35.5. The smallest absolute Gasteiger partial charge is 0.343 e. The maximum Gasteiger partial charge on any atom is 0.343 e. The summed E-state index contributed by atoms with van der Waals surface area (Å²) >= 11 is 7.52. The molecule has 0 spiro atoms. The summed E-state index contributed by atoms with van der Waals surface area (Å²) in [5.41, 5.74) is 1.22. The number of hydrogen-bond donors (Lipinski definition) is 2. The van der Waals surface area contributed by atoms with Crippen LogP contribution in [0, 0.1) is 0 Å². The van der Waals surface area contributed by atoms with Crippen molar-refractivity contribution in [2.24, 2.45) is 0 Å². The van der Waals surface area contributed by atoms with Crippen LogP contribution in [-0.2, 0) is 28.7 Å². The number of hydrogen-bond acceptors (Lipinski definition) is 8. The van der Waals surface area contributed by atoms with Gasteiger partial charge >= 0.3 is 23.9 Å². The Morgan fingerprint density at radius 1 is 0.880 bits per heavy atom. The van der Waals surface area contributed by atoms with Gasteiger partial charge in [-0.05, 0) is 11.6 Å². The third kappa shape index (κ3) is 6.22. The lowest BCUT2D eigenvalue weighted by Gasteiger charge is -1.93. The maximum absolute atomic E-state index is 10.8. The van der Waals surface area contributed by atoms with E-state index in [-0.39, 0.29) is 16.4 Å². The van der Waals surface area contributed by atoms with Gasteiger partial charge in [0.25, 0.3) is 0 Å². The monoisotopic (exact) mass is 408 g/mol. The minimum absolute atomic E-state index is 0.0301. The SMILES string of the molecule is CC(=O)Cl.O=C(O)C1=C(C(=O)O)CSC1.O=C1OC(=O)C2=C1CSC2. The van der Waals surface area contributed by atoms with Crippen LogP contribution in [0.15, 0.2) is 22.3 Å². The van der Waals surface area contributed by atoms with E-state index in [1.807, 2.05) is 0 Å². The van der Waals surface area contributed by atoms with E-state index >= 15 is 0 Å². The molecule has 0 aromatic rings. The molecule has 0 saturated heterocycles. The lowest BCUT2D eigenvalue weighted by molar-refractivity contribution is -0.151. The maximum atomic E-state index is 10.8. The molecule has 3 aliphatic rings. The summed E-state index contributed by atoms with van der Waals surface area (Å²) < 4.78 is 4.36. The Balaban J connectivity index is 0.000000208. The third-order valence-corrected chi connectivity index (χ3v) is 4.88. The standard InChI is InChI=1S/C6H6O4S.C6H4O3S.C2H3ClO/c7-5(8)3-1-11-2-4(3)6(9)10;7-5-3-1-10-2-4(3)6(8)9-5;1-2(3)4/h1-2H2,(H,7,8)(H,9,10);1-2H2;1H3. The van der Waals surface area contributed by atoms with Crippen molar-refractivity contribution in [2.45, 2.75) is 6.92 Å². The van der Waals surface area contributed by atoms with Crippen molar-refractivity contribution in [1.82, 2.24) is 0 Å². The number of carbonyl (C=O) groups excluding carboxylic acids is 3. The van der Waals surface area contributed by atoms with E-state index in [1.165, 1.54) is 18.7 Å². The molecule has 3 heterocycles. The molecule has 0 amide bonds. The van der Waals surface area contributed by atoms with Crippen LogP contribution in [-0.4, -0.2) is 62.3 Å². The second-order valence-corrected chi connectivity index (χ2v) is 7.16. The van der Waals surface area contributed by atoms with Crippen molar-refractivity contribution in [3.05, 3.63) is 22.3 Å². The zero-order valence-electron chi connectivity index (χ0n) is 12.9. The zero-order valence-corrected chi connectivity index (χ0v) is 15.3. The van der Waals surface area contributed by atoms with Gasteiger partial charge in [0.05, 0.1) is 22.3 Å². The molecule has 3 aliphatic heterocycles. The molecule has 2 N–H and O–H groups in total. The summed E-state index contributed by atoms with van der Waals surface area (Å²) in [6.45, 7) is 1.29. The molecule has 0 aromatic carbocycles. The number of halogens is 1. The molecular weight excluding hydrogens is 396 g/mol. The lowest BCUT2D eigenvalue weighted by Crippen LogP contribution is -2.09. The van der Waals surface area contributed by atoms with Gasteiger partial charge in [-0.15, -0.1) is 0 Å². The van der Waals surface area contributed by atoms with Crippen LogP contribution >= 0.6 is 35.1 Å². The van der Waals surface area contributed by atoms with Crippen molar-refractivity contribution in [3.8, 4) is 0 Å². The first-order valence-corrected chi connectivity index (χ1v) is 9.32. The fraction of sp³-hybridized carbons (Fsp3) is 0.357. The average molecular weight is 409 g/mol. The molecular formula is C14H13ClO8S2. The number of aliphatic carboxylic acids is 2. The number of thioether (sulfide) groups is 2. The van der Waals surface area contributed by atoms with Gasteiger partial charge in [-0.25, -0.2) is 19.2 Å². The first-order chi connectivity index (χ1) is 11.6. The van der Waals surface area contributed by atoms with Crippen LogP contribution < -0.4 is 0 Å². The molecule has 0 aromatic heterocycles. The number of carboxylic acid groups (broad SMARTS) is 2. The van der Waals surface area contributed by atoms with E-state index in [0.29, 0.717) is 34.2 Å². The summed E-state index contributed by atoms with van der Waals surface area (Å²) in [5, 5.41) is 16.6. The molecule has 3 rings (SSSR count). The van der Waals surface area contributed by atoms with Crippen LogP contribution in [0.3, 0.4) is 0 Å². The van der Waals surface area contributed by atoms with Crippen molar-refractivity contribution in [3.63, 3.8) is 0 Å². The fourth-order valence-electron chi connectivity index (χ4n) is 1.81. The molecule has 0 atom stereocenters. The topological polar surface area (TPSA) is 135 Å². The summed E-state index contributed by atoms with van der Waals surface area (Å²) in [7, 11) is 0. The molecule has 0 aliphatic carbocycles. The Kier molecular flexibility index (Phi) is 8.20. The quantitative estimate of drug-likeness (QED) is 0.388. The molecule has 8 nitrogen and oxygen atoms in total. The van der Waals surface area contributed by atoms with Crippen LogP contribution in [0.25, 0.3) is 0 Å². The van der Waals surface area contributed by atoms with Crippen molar-refractivity contribution in [2.75, 3.05) is 23.0 Å². The molecule has 0 bridgehead atoms. The van der Waals surface area contributed by atoms with Gasteiger partial charge in [-0.1, -0.05) is 0 Å². The average Bonchev–Trinajstić information content (AvgIpc) is 3.20. The van der Waals surface area contributed by atoms with Crippen LogP contribution in [0.4, 0.5) is 0 Å². The Morgan fingerprint density at radius 2 is 1.20 bits per heavy atom. The largest absolute Gasteiger partial charge is 0.478 e. The Bertz CT molecular complexity index is 643. The van der Waals surface area contributed by atoms with Crippen molar-refractivity contribution in [1.29, 1.82) is 0 Å². The Hall–Kier alpha value is -1.78. The minimum atomic E-state index is -1.12. The van der Waals surface area contributed by atoms with Gasteiger partial charge in [-0.2, -0.15) is 23.5 Å². The number of carbonyl (C=O) groups is 5. The van der Waals surface area contributed by atoms with Crippen LogP contribution in [0.2, 0.25) is 0 Å². The summed E-state index contributed by atoms with van der Waals surface area (Å²) in [6, 6.07) is 0. The highest BCUT2D eigenvalue weighted by molar-refractivity contribution is 8.00. The number of rotatable bonds is 2. The Labute approximate surface area is 155 Å². The van der Waals surface area contributed by atoms with Gasteiger partial charge in [-0.3, -0.25) is 4.79 Å². The van der Waals surface area contributed by atoms with E-state index in [9.17, 15) is 24.0 Å². The van der Waals surface area contributed by atoms with Crippen molar-refractivity contribution < 1.29 is 38.9 Å². The number of ether oxygens (including phenoxy) is 1. The number of esters is 2. The summed E-state index contributed by atoms with van der Waals surface area (Å²) in [4.78, 5) is 51.5. The normalized spacial score (nSPS) is 18.0. The van der Waals surface area contributed by atoms with Gasteiger partial charge in [0, 0.05) is 29.9 Å². The van der Waals surface area contributed by atoms with Gasteiger partial charge in [0.2, 0.25) is 5.24 Å². The number of cyclic esters (lactones) is 2. The fourth-order valence-corrected chi connectivity index (χ4v) is 4.01. The predicted molar refractivity (Wildman–Crippen MR) is 91.6 cm³/mol. The Morgan fingerprint density at radius 3 is 1.52 bits per heavy atom. The molecule has 0 fully saturated rings. The molecule has 0 saturated carbocycles. The molecule has 0 unspecified atom stereocenters. The highest BCUT2D eigenvalue weighted by Gasteiger charge is 2.35. The predicted octanol–water partition coefficient (Wildman–Crippen LogP) is 1.08. The molecule has 136 valence electrons. The molecule has 0 radical (unpaired) electrons. The van der Waals surface area contributed by atoms with E-state index in [1.54, 1.807) is 11.8 Å². The zero-order chi connectivity index (χ0) is 19.1. The van der Waals surface area contributed by atoms with E-state index in [4.69, 9.17) is 10.2 Å². The summed E-state index contributed by atoms with van der Waals surface area (Å²) in [6.07, 6.45) is 0. The lowest BCUT2D eigenvalue weighted by atomic mass is 10.1. The third-order valence-electron chi connectivity index (χ3n) is 2.91. The summed E-state index contributed by atoms with van der Waals surface area (Å²) in [5.74, 6) is -1.23. The molecule has 25 heavy (non-hydrogen) atoms. The van der Waals surface area contributed by atoms with Crippen LogP contribution in [0.1, 0.15) is 6.92 Å². The number of carboxylic acids is 2.